The minimum Gasteiger partial charge on any atom is -0.329 e. The maximum atomic E-state index is 12.8. The third-order valence-electron chi connectivity index (χ3n) is 4.03. The molecule has 1 unspecified atom stereocenters. The van der Waals surface area contributed by atoms with Gasteiger partial charge in [-0.2, -0.15) is 0 Å². The quantitative estimate of drug-likeness (QED) is 0.781. The Kier molecular flexibility index (Phi) is 3.99. The van der Waals surface area contributed by atoms with Gasteiger partial charge in [0.15, 0.2) is 0 Å². The summed E-state index contributed by atoms with van der Waals surface area (Å²) in [5.41, 5.74) is -0.318. The molecule has 0 radical (unpaired) electrons. The van der Waals surface area contributed by atoms with E-state index in [2.05, 4.69) is 15.0 Å². The van der Waals surface area contributed by atoms with E-state index >= 15 is 0 Å². The molecule has 1 aliphatic heterocycles. The lowest BCUT2D eigenvalue weighted by Crippen LogP contribution is -2.34. The number of likely N-dealkylation sites (tertiary alicyclic amines) is 1. The first-order valence-electron chi connectivity index (χ1n) is 7.57. The summed E-state index contributed by atoms with van der Waals surface area (Å²) < 4.78 is 0. The Hall–Kier alpha value is -2.32. The number of thiazole rings is 1. The Bertz CT molecular complexity index is 903. The maximum absolute atomic E-state index is 12.8. The monoisotopic (exact) mass is 358 g/mol. The molecule has 1 atom stereocenters. The average Bonchev–Trinajstić information content (AvgIpc) is 3.35. The second-order valence-electron chi connectivity index (χ2n) is 5.48. The van der Waals surface area contributed by atoms with Crippen molar-refractivity contribution in [3.8, 4) is 10.7 Å². The molecule has 6 nitrogen and oxygen atoms in total. The average molecular weight is 358 g/mol. The van der Waals surface area contributed by atoms with Crippen molar-refractivity contribution in [2.75, 3.05) is 6.54 Å². The van der Waals surface area contributed by atoms with Crippen LogP contribution in [-0.4, -0.2) is 32.3 Å². The molecule has 0 saturated carbocycles. The summed E-state index contributed by atoms with van der Waals surface area (Å²) in [6.45, 7) is 0.634. The molecular formula is C16H14N4O2S2. The summed E-state index contributed by atoms with van der Waals surface area (Å²) in [6, 6.07) is 3.72. The van der Waals surface area contributed by atoms with Gasteiger partial charge in [0.2, 0.25) is 0 Å². The van der Waals surface area contributed by atoms with Gasteiger partial charge in [-0.05, 0) is 24.3 Å². The van der Waals surface area contributed by atoms with Crippen molar-refractivity contribution in [1.29, 1.82) is 0 Å². The number of rotatable bonds is 3. The van der Waals surface area contributed by atoms with E-state index in [1.165, 1.54) is 28.9 Å². The molecule has 0 bridgehead atoms. The minimum atomic E-state index is -0.400. The molecule has 3 aromatic rings. The van der Waals surface area contributed by atoms with Gasteiger partial charge in [-0.1, -0.05) is 6.07 Å². The SMILES string of the molecule is O=C(c1cnc(-c2cccs2)[nH]c1=O)N1CCCC1c1nccs1. The van der Waals surface area contributed by atoms with Crippen LogP contribution in [-0.2, 0) is 0 Å². The molecule has 1 fully saturated rings. The number of thiophene rings is 1. The van der Waals surface area contributed by atoms with E-state index in [1.807, 2.05) is 22.9 Å². The van der Waals surface area contributed by atoms with Crippen LogP contribution in [0.3, 0.4) is 0 Å². The zero-order chi connectivity index (χ0) is 16.5. The van der Waals surface area contributed by atoms with Crippen molar-refractivity contribution in [2.24, 2.45) is 0 Å². The summed E-state index contributed by atoms with van der Waals surface area (Å²) in [4.78, 5) is 39.1. The van der Waals surface area contributed by atoms with Crippen LogP contribution in [0.1, 0.15) is 34.2 Å². The molecule has 122 valence electrons. The fourth-order valence-corrected chi connectivity index (χ4v) is 4.37. The van der Waals surface area contributed by atoms with E-state index in [0.29, 0.717) is 12.4 Å². The molecule has 0 spiro atoms. The molecule has 4 heterocycles. The predicted octanol–water partition coefficient (Wildman–Crippen LogP) is 2.93. The van der Waals surface area contributed by atoms with Crippen molar-refractivity contribution < 1.29 is 4.79 Å². The minimum absolute atomic E-state index is 0.0473. The lowest BCUT2D eigenvalue weighted by molar-refractivity contribution is 0.0733. The topological polar surface area (TPSA) is 79.0 Å². The number of hydrogen-bond donors (Lipinski definition) is 1. The van der Waals surface area contributed by atoms with Crippen LogP contribution < -0.4 is 5.56 Å². The predicted molar refractivity (Wildman–Crippen MR) is 93.3 cm³/mol. The van der Waals surface area contributed by atoms with Gasteiger partial charge in [-0.25, -0.2) is 9.97 Å². The third-order valence-corrected chi connectivity index (χ3v) is 5.79. The molecule has 4 rings (SSSR count). The van der Waals surface area contributed by atoms with Crippen LogP contribution in [0.5, 0.6) is 0 Å². The van der Waals surface area contributed by atoms with Crippen molar-refractivity contribution in [3.05, 3.63) is 56.2 Å². The van der Waals surface area contributed by atoms with Gasteiger partial charge in [0.1, 0.15) is 16.4 Å². The zero-order valence-corrected chi connectivity index (χ0v) is 14.3. The molecule has 8 heteroatoms. The zero-order valence-electron chi connectivity index (χ0n) is 12.6. The van der Waals surface area contributed by atoms with Crippen molar-refractivity contribution in [1.82, 2.24) is 19.9 Å². The van der Waals surface area contributed by atoms with Crippen LogP contribution in [0.2, 0.25) is 0 Å². The highest BCUT2D eigenvalue weighted by atomic mass is 32.1. The first-order valence-corrected chi connectivity index (χ1v) is 9.33. The molecule has 3 aromatic heterocycles. The van der Waals surface area contributed by atoms with E-state index in [4.69, 9.17) is 0 Å². The van der Waals surface area contributed by atoms with Crippen LogP contribution in [0.25, 0.3) is 10.7 Å². The van der Waals surface area contributed by atoms with Crippen molar-refractivity contribution in [3.63, 3.8) is 0 Å². The van der Waals surface area contributed by atoms with Crippen LogP contribution >= 0.6 is 22.7 Å². The Morgan fingerprint density at radius 3 is 2.92 bits per heavy atom. The molecule has 0 aromatic carbocycles. The molecule has 1 aliphatic rings. The van der Waals surface area contributed by atoms with Crippen molar-refractivity contribution >= 4 is 28.6 Å². The highest BCUT2D eigenvalue weighted by Gasteiger charge is 2.33. The highest BCUT2D eigenvalue weighted by molar-refractivity contribution is 7.13. The molecule has 1 amide bonds. The van der Waals surface area contributed by atoms with E-state index in [-0.39, 0.29) is 17.5 Å². The second-order valence-corrected chi connectivity index (χ2v) is 7.35. The van der Waals surface area contributed by atoms with E-state index in [0.717, 1.165) is 22.7 Å². The highest BCUT2D eigenvalue weighted by Crippen LogP contribution is 2.33. The Morgan fingerprint density at radius 1 is 1.29 bits per heavy atom. The third kappa shape index (κ3) is 2.67. The number of H-pyrrole nitrogens is 1. The summed E-state index contributed by atoms with van der Waals surface area (Å²) in [6.07, 6.45) is 4.91. The largest absolute Gasteiger partial charge is 0.329 e. The van der Waals surface area contributed by atoms with Gasteiger partial charge < -0.3 is 9.88 Å². The van der Waals surface area contributed by atoms with Crippen molar-refractivity contribution in [2.45, 2.75) is 18.9 Å². The number of aromatic amines is 1. The molecule has 1 N–H and O–H groups in total. The molecule has 1 saturated heterocycles. The molecule has 0 aliphatic carbocycles. The Morgan fingerprint density at radius 2 is 2.21 bits per heavy atom. The first kappa shape index (κ1) is 15.2. The number of carbonyl (C=O) groups excluding carboxylic acids is 1. The standard InChI is InChI=1S/C16H14N4O2S2/c21-14-10(9-18-13(19-14)12-4-2-7-23-12)16(22)20-6-1-3-11(20)15-17-5-8-24-15/h2,4-5,7-9,11H,1,3,6H2,(H,18,19,21). The summed E-state index contributed by atoms with van der Waals surface area (Å²) in [5.74, 6) is 0.212. The van der Waals surface area contributed by atoms with E-state index < -0.39 is 5.56 Å². The smallest absolute Gasteiger partial charge is 0.264 e. The van der Waals surface area contributed by atoms with Gasteiger partial charge in [-0.3, -0.25) is 9.59 Å². The van der Waals surface area contributed by atoms with Gasteiger partial charge in [-0.15, -0.1) is 22.7 Å². The lowest BCUT2D eigenvalue weighted by Gasteiger charge is -2.22. The lowest BCUT2D eigenvalue weighted by atomic mass is 10.2. The van der Waals surface area contributed by atoms with Gasteiger partial charge in [0.05, 0.1) is 10.9 Å². The number of nitrogens with zero attached hydrogens (tertiary/aromatic N) is 3. The Balaban J connectivity index is 1.64. The number of amides is 1. The van der Waals surface area contributed by atoms with E-state index in [1.54, 1.807) is 11.1 Å². The summed E-state index contributed by atoms with van der Waals surface area (Å²) >= 11 is 3.02. The number of hydrogen-bond acceptors (Lipinski definition) is 6. The van der Waals surface area contributed by atoms with Crippen LogP contribution in [0.15, 0.2) is 40.1 Å². The first-order chi connectivity index (χ1) is 11.7. The Labute approximate surface area is 145 Å². The number of aromatic nitrogens is 3. The number of nitrogens with one attached hydrogen (secondary N) is 1. The summed E-state index contributed by atoms with van der Waals surface area (Å²) in [5, 5.41) is 4.73. The van der Waals surface area contributed by atoms with Gasteiger partial charge >= 0.3 is 0 Å². The fourth-order valence-electron chi connectivity index (χ4n) is 2.91. The normalized spacial score (nSPS) is 17.3. The second kappa shape index (κ2) is 6.29. The van der Waals surface area contributed by atoms with Crippen LogP contribution in [0, 0.1) is 0 Å². The van der Waals surface area contributed by atoms with E-state index in [9.17, 15) is 9.59 Å². The summed E-state index contributed by atoms with van der Waals surface area (Å²) in [7, 11) is 0. The number of carbonyl (C=O) groups is 1. The molecular weight excluding hydrogens is 344 g/mol. The fraction of sp³-hybridized carbons (Fsp3) is 0.250. The van der Waals surface area contributed by atoms with Gasteiger partial charge in [0.25, 0.3) is 11.5 Å². The van der Waals surface area contributed by atoms with Gasteiger partial charge in [0, 0.05) is 24.3 Å². The molecule has 24 heavy (non-hydrogen) atoms. The maximum Gasteiger partial charge on any atom is 0.264 e. The van der Waals surface area contributed by atoms with Crippen LogP contribution in [0.4, 0.5) is 0 Å².